The van der Waals surface area contributed by atoms with E-state index >= 15 is 0 Å². The zero-order valence-corrected chi connectivity index (χ0v) is 13.2. The highest BCUT2D eigenvalue weighted by Crippen LogP contribution is 2.21. The lowest BCUT2D eigenvalue weighted by atomic mass is 10.0. The second-order valence-electron chi connectivity index (χ2n) is 5.24. The van der Waals surface area contributed by atoms with Crippen molar-refractivity contribution in [2.45, 2.75) is 30.4 Å². The Labute approximate surface area is 133 Å². The molecule has 7 heteroatoms. The van der Waals surface area contributed by atoms with Crippen molar-refractivity contribution < 1.29 is 22.3 Å². The molecule has 0 aromatic heterocycles. The topological polar surface area (TPSA) is 66.4 Å². The van der Waals surface area contributed by atoms with Gasteiger partial charge in [-0.2, -0.15) is 0 Å². The number of hydrogen-bond acceptors (Lipinski definition) is 3. The van der Waals surface area contributed by atoms with Gasteiger partial charge >= 0.3 is 0 Å². The largest absolute Gasteiger partial charge is 0.388 e. The van der Waals surface area contributed by atoms with Crippen LogP contribution in [0.4, 0.5) is 8.78 Å². The predicted molar refractivity (Wildman–Crippen MR) is 82.2 cm³/mol. The minimum absolute atomic E-state index is 0.0974. The first-order chi connectivity index (χ1) is 10.8. The molecule has 124 valence electrons. The second kappa shape index (κ2) is 7.16. The van der Waals surface area contributed by atoms with E-state index < -0.39 is 38.7 Å². The SMILES string of the molecule is CC(CC(O)c1ccccc1)NS(=O)(=O)c1cccc(F)c1F. The molecule has 2 rings (SSSR count). The average Bonchev–Trinajstić information content (AvgIpc) is 2.50. The molecule has 0 aliphatic heterocycles. The van der Waals surface area contributed by atoms with Crippen LogP contribution in [0.2, 0.25) is 0 Å². The summed E-state index contributed by atoms with van der Waals surface area (Å²) in [7, 11) is -4.22. The Morgan fingerprint density at radius 3 is 2.39 bits per heavy atom. The number of sulfonamides is 1. The lowest BCUT2D eigenvalue weighted by molar-refractivity contribution is 0.158. The van der Waals surface area contributed by atoms with Crippen LogP contribution in [0.5, 0.6) is 0 Å². The van der Waals surface area contributed by atoms with Crippen LogP contribution in [0.1, 0.15) is 25.0 Å². The van der Waals surface area contributed by atoms with Gasteiger partial charge < -0.3 is 5.11 Å². The van der Waals surface area contributed by atoms with Crippen LogP contribution < -0.4 is 4.72 Å². The number of rotatable bonds is 6. The van der Waals surface area contributed by atoms with Gasteiger partial charge in [-0.1, -0.05) is 36.4 Å². The van der Waals surface area contributed by atoms with Crippen molar-refractivity contribution in [3.8, 4) is 0 Å². The Hall–Kier alpha value is -1.83. The maximum absolute atomic E-state index is 13.6. The number of aliphatic hydroxyl groups is 1. The first kappa shape index (κ1) is 17.5. The fraction of sp³-hybridized carbons (Fsp3) is 0.250. The van der Waals surface area contributed by atoms with Gasteiger partial charge in [0.15, 0.2) is 11.6 Å². The van der Waals surface area contributed by atoms with E-state index in [4.69, 9.17) is 0 Å². The van der Waals surface area contributed by atoms with Crippen molar-refractivity contribution in [1.29, 1.82) is 0 Å². The third-order valence-electron chi connectivity index (χ3n) is 3.32. The summed E-state index contributed by atoms with van der Waals surface area (Å²) in [5, 5.41) is 10.1. The molecule has 0 bridgehead atoms. The molecule has 2 aromatic carbocycles. The highest BCUT2D eigenvalue weighted by atomic mass is 32.2. The van der Waals surface area contributed by atoms with Crippen LogP contribution in [-0.4, -0.2) is 19.6 Å². The van der Waals surface area contributed by atoms with Gasteiger partial charge in [-0.3, -0.25) is 0 Å². The van der Waals surface area contributed by atoms with E-state index in [1.807, 2.05) is 0 Å². The van der Waals surface area contributed by atoms with Crippen molar-refractivity contribution in [2.24, 2.45) is 0 Å². The minimum Gasteiger partial charge on any atom is -0.388 e. The van der Waals surface area contributed by atoms with Gasteiger partial charge in [-0.15, -0.1) is 0 Å². The standard InChI is InChI=1S/C16H17F2NO3S/c1-11(10-14(20)12-6-3-2-4-7-12)19-23(21,22)15-9-5-8-13(17)16(15)18/h2-9,11,14,19-20H,10H2,1H3. The molecule has 4 nitrogen and oxygen atoms in total. The van der Waals surface area contributed by atoms with E-state index in [1.54, 1.807) is 37.3 Å². The summed E-state index contributed by atoms with van der Waals surface area (Å²) in [4.78, 5) is -0.751. The number of aliphatic hydroxyl groups excluding tert-OH is 1. The zero-order chi connectivity index (χ0) is 17.0. The fourth-order valence-corrected chi connectivity index (χ4v) is 3.56. The normalized spacial score (nSPS) is 14.4. The van der Waals surface area contributed by atoms with E-state index in [1.165, 1.54) is 0 Å². The molecule has 0 saturated carbocycles. The molecule has 0 spiro atoms. The Bertz CT molecular complexity index is 766. The van der Waals surface area contributed by atoms with Gasteiger partial charge in [-0.25, -0.2) is 21.9 Å². The summed E-state index contributed by atoms with van der Waals surface area (Å²) >= 11 is 0. The number of hydrogen-bond donors (Lipinski definition) is 2. The molecule has 0 saturated heterocycles. The molecule has 0 radical (unpaired) electrons. The van der Waals surface area contributed by atoms with Crippen LogP contribution in [0.15, 0.2) is 53.4 Å². The van der Waals surface area contributed by atoms with Gasteiger partial charge in [-0.05, 0) is 31.0 Å². The lowest BCUT2D eigenvalue weighted by Gasteiger charge is -2.18. The van der Waals surface area contributed by atoms with Gasteiger partial charge in [0, 0.05) is 6.04 Å². The molecular weight excluding hydrogens is 324 g/mol. The van der Waals surface area contributed by atoms with Crippen molar-refractivity contribution in [3.05, 3.63) is 65.7 Å². The maximum Gasteiger partial charge on any atom is 0.243 e. The van der Waals surface area contributed by atoms with Gasteiger partial charge in [0.25, 0.3) is 0 Å². The second-order valence-corrected chi connectivity index (χ2v) is 6.92. The molecule has 23 heavy (non-hydrogen) atoms. The van der Waals surface area contributed by atoms with E-state index in [2.05, 4.69) is 4.72 Å². The van der Waals surface area contributed by atoms with Crippen LogP contribution in [0.25, 0.3) is 0 Å². The van der Waals surface area contributed by atoms with Crippen LogP contribution in [0.3, 0.4) is 0 Å². The quantitative estimate of drug-likeness (QED) is 0.849. The summed E-state index contributed by atoms with van der Waals surface area (Å²) in [6, 6.07) is 11.0. The number of benzene rings is 2. The summed E-state index contributed by atoms with van der Waals surface area (Å²) in [5.74, 6) is -2.65. The fourth-order valence-electron chi connectivity index (χ4n) is 2.21. The molecule has 2 atom stereocenters. The van der Waals surface area contributed by atoms with E-state index in [9.17, 15) is 22.3 Å². The predicted octanol–water partition coefficient (Wildman–Crippen LogP) is 2.76. The van der Waals surface area contributed by atoms with Crippen molar-refractivity contribution >= 4 is 10.0 Å². The Kier molecular flexibility index (Phi) is 5.46. The molecule has 0 amide bonds. The molecule has 2 unspecified atom stereocenters. The van der Waals surface area contributed by atoms with E-state index in [0.29, 0.717) is 5.56 Å². The maximum atomic E-state index is 13.6. The summed E-state index contributed by atoms with van der Waals surface area (Å²) in [5.41, 5.74) is 0.649. The Morgan fingerprint density at radius 2 is 1.74 bits per heavy atom. The molecule has 0 heterocycles. The highest BCUT2D eigenvalue weighted by molar-refractivity contribution is 7.89. The highest BCUT2D eigenvalue weighted by Gasteiger charge is 2.24. The van der Waals surface area contributed by atoms with Gasteiger partial charge in [0.1, 0.15) is 4.90 Å². The van der Waals surface area contributed by atoms with Crippen LogP contribution >= 0.6 is 0 Å². The Morgan fingerprint density at radius 1 is 1.09 bits per heavy atom. The van der Waals surface area contributed by atoms with E-state index in [-0.39, 0.29) is 6.42 Å². The number of halogens is 2. The summed E-state index contributed by atoms with van der Waals surface area (Å²) in [6.45, 7) is 1.54. The van der Waals surface area contributed by atoms with Crippen molar-refractivity contribution in [3.63, 3.8) is 0 Å². The molecular formula is C16H17F2NO3S. The molecule has 0 aliphatic carbocycles. The summed E-state index contributed by atoms with van der Waals surface area (Å²) in [6.07, 6.45) is -0.772. The van der Waals surface area contributed by atoms with Crippen molar-refractivity contribution in [1.82, 2.24) is 4.72 Å². The lowest BCUT2D eigenvalue weighted by Crippen LogP contribution is -2.34. The third kappa shape index (κ3) is 4.34. The molecule has 2 aromatic rings. The van der Waals surface area contributed by atoms with Crippen LogP contribution in [-0.2, 0) is 10.0 Å². The minimum atomic E-state index is -4.22. The molecule has 2 N–H and O–H groups in total. The summed E-state index contributed by atoms with van der Waals surface area (Å²) < 4.78 is 53.3. The molecule has 0 aliphatic rings. The third-order valence-corrected chi connectivity index (χ3v) is 4.93. The van der Waals surface area contributed by atoms with E-state index in [0.717, 1.165) is 18.2 Å². The number of nitrogens with one attached hydrogen (secondary N) is 1. The van der Waals surface area contributed by atoms with Gasteiger partial charge in [0.05, 0.1) is 6.10 Å². The first-order valence-electron chi connectivity index (χ1n) is 7.00. The monoisotopic (exact) mass is 341 g/mol. The van der Waals surface area contributed by atoms with Gasteiger partial charge in [0.2, 0.25) is 10.0 Å². The smallest absolute Gasteiger partial charge is 0.243 e. The molecule has 0 fully saturated rings. The average molecular weight is 341 g/mol. The zero-order valence-electron chi connectivity index (χ0n) is 12.4. The Balaban J connectivity index is 2.10. The first-order valence-corrected chi connectivity index (χ1v) is 8.49. The van der Waals surface area contributed by atoms with Crippen molar-refractivity contribution in [2.75, 3.05) is 0 Å². The van der Waals surface area contributed by atoms with Crippen LogP contribution in [0, 0.1) is 11.6 Å².